The van der Waals surface area contributed by atoms with Gasteiger partial charge in [0.25, 0.3) is 0 Å². The monoisotopic (exact) mass is 299 g/mol. The summed E-state index contributed by atoms with van der Waals surface area (Å²) in [6, 6.07) is 0. The van der Waals surface area contributed by atoms with Crippen molar-refractivity contribution in [1.82, 2.24) is 9.80 Å². The van der Waals surface area contributed by atoms with E-state index < -0.39 is 24.7 Å². The second-order valence-corrected chi connectivity index (χ2v) is 4.97. The third-order valence-electron chi connectivity index (χ3n) is 2.97. The van der Waals surface area contributed by atoms with Crippen LogP contribution in [0.4, 0.5) is 13.2 Å². The number of morpholine rings is 1. The van der Waals surface area contributed by atoms with E-state index in [0.29, 0.717) is 19.7 Å². The number of rotatable bonds is 6. The van der Waals surface area contributed by atoms with Crippen LogP contribution in [0, 0.1) is 0 Å². The SMILES string of the molecule is CN(CC(N)=O)C[C@@H]1CN(C[C@H](O)C(F)(F)F)CCO1. The van der Waals surface area contributed by atoms with E-state index in [1.807, 2.05) is 0 Å². The van der Waals surface area contributed by atoms with Crippen molar-refractivity contribution in [2.75, 3.05) is 46.4 Å². The fourth-order valence-electron chi connectivity index (χ4n) is 2.08. The molecule has 1 aliphatic heterocycles. The Morgan fingerprint density at radius 2 is 2.25 bits per heavy atom. The van der Waals surface area contributed by atoms with Crippen LogP contribution in [-0.2, 0) is 9.53 Å². The van der Waals surface area contributed by atoms with Crippen LogP contribution < -0.4 is 5.73 Å². The Kier molecular flexibility index (Phi) is 6.18. The van der Waals surface area contributed by atoms with Gasteiger partial charge < -0.3 is 15.6 Å². The molecule has 1 saturated heterocycles. The number of halogens is 3. The lowest BCUT2D eigenvalue weighted by atomic mass is 10.2. The summed E-state index contributed by atoms with van der Waals surface area (Å²) in [5.74, 6) is -0.479. The zero-order valence-corrected chi connectivity index (χ0v) is 11.3. The molecule has 0 aromatic carbocycles. The second-order valence-electron chi connectivity index (χ2n) is 4.97. The largest absolute Gasteiger partial charge is 0.415 e. The average molecular weight is 299 g/mol. The van der Waals surface area contributed by atoms with E-state index in [0.717, 1.165) is 0 Å². The topological polar surface area (TPSA) is 79.0 Å². The van der Waals surface area contributed by atoms with Crippen LogP contribution in [0.5, 0.6) is 0 Å². The zero-order chi connectivity index (χ0) is 15.3. The highest BCUT2D eigenvalue weighted by molar-refractivity contribution is 5.75. The van der Waals surface area contributed by atoms with Crippen molar-refractivity contribution < 1.29 is 27.8 Å². The van der Waals surface area contributed by atoms with Crippen molar-refractivity contribution in [1.29, 1.82) is 0 Å². The fraction of sp³-hybridized carbons (Fsp3) is 0.909. The predicted octanol–water partition coefficient (Wildman–Crippen LogP) is -0.972. The molecule has 1 heterocycles. The molecular formula is C11H20F3N3O3. The van der Waals surface area contributed by atoms with Crippen LogP contribution in [-0.4, -0.2) is 85.6 Å². The number of nitrogens with zero attached hydrogens (tertiary/aromatic N) is 2. The number of aliphatic hydroxyl groups excluding tert-OH is 1. The molecule has 0 aromatic rings. The van der Waals surface area contributed by atoms with Crippen molar-refractivity contribution in [3.05, 3.63) is 0 Å². The number of carbonyl (C=O) groups is 1. The minimum atomic E-state index is -4.61. The number of nitrogens with two attached hydrogens (primary N) is 1. The van der Waals surface area contributed by atoms with Gasteiger partial charge in [-0.25, -0.2) is 0 Å². The molecule has 1 rings (SSSR count). The van der Waals surface area contributed by atoms with Gasteiger partial charge in [-0.15, -0.1) is 0 Å². The van der Waals surface area contributed by atoms with Crippen LogP contribution in [0.15, 0.2) is 0 Å². The number of alkyl halides is 3. The van der Waals surface area contributed by atoms with Crippen LogP contribution in [0.1, 0.15) is 0 Å². The Balaban J connectivity index is 2.40. The summed E-state index contributed by atoms with van der Waals surface area (Å²) in [5, 5.41) is 9.05. The van der Waals surface area contributed by atoms with Gasteiger partial charge in [0.1, 0.15) is 0 Å². The van der Waals surface area contributed by atoms with Crippen LogP contribution >= 0.6 is 0 Å². The highest BCUT2D eigenvalue weighted by atomic mass is 19.4. The number of hydrogen-bond acceptors (Lipinski definition) is 5. The Morgan fingerprint density at radius 3 is 2.80 bits per heavy atom. The molecule has 0 aliphatic carbocycles. The number of likely N-dealkylation sites (N-methyl/N-ethyl adjacent to an activating group) is 1. The third-order valence-corrected chi connectivity index (χ3v) is 2.97. The Labute approximate surface area is 115 Å². The van der Waals surface area contributed by atoms with Gasteiger partial charge in [0.05, 0.1) is 19.3 Å². The number of amides is 1. The number of aliphatic hydroxyl groups is 1. The number of β-amino-alcohol motifs (C(OH)–C–C–N with tert-alkyl or cyclic N) is 1. The van der Waals surface area contributed by atoms with Gasteiger partial charge in [-0.2, -0.15) is 13.2 Å². The molecule has 1 aliphatic rings. The van der Waals surface area contributed by atoms with E-state index in [-0.39, 0.29) is 19.2 Å². The van der Waals surface area contributed by atoms with Gasteiger partial charge in [-0.3, -0.25) is 14.6 Å². The van der Waals surface area contributed by atoms with E-state index in [4.69, 9.17) is 15.6 Å². The van der Waals surface area contributed by atoms with Gasteiger partial charge in [0.2, 0.25) is 5.91 Å². The molecule has 3 N–H and O–H groups in total. The highest BCUT2D eigenvalue weighted by Crippen LogP contribution is 2.21. The van der Waals surface area contributed by atoms with Gasteiger partial charge in [0, 0.05) is 26.2 Å². The molecule has 9 heteroatoms. The van der Waals surface area contributed by atoms with Crippen molar-refractivity contribution >= 4 is 5.91 Å². The summed E-state index contributed by atoms with van der Waals surface area (Å²) >= 11 is 0. The Hall–Kier alpha value is -0.900. The maximum absolute atomic E-state index is 12.3. The predicted molar refractivity (Wildman–Crippen MR) is 64.9 cm³/mol. The van der Waals surface area contributed by atoms with Crippen molar-refractivity contribution in [2.45, 2.75) is 18.4 Å². The molecule has 1 fully saturated rings. The molecule has 118 valence electrons. The molecule has 0 radical (unpaired) electrons. The van der Waals surface area contributed by atoms with Gasteiger partial charge in [-0.1, -0.05) is 0 Å². The van der Waals surface area contributed by atoms with E-state index in [9.17, 15) is 18.0 Å². The normalized spacial score (nSPS) is 23.0. The maximum Gasteiger partial charge on any atom is 0.415 e. The molecule has 0 bridgehead atoms. The quantitative estimate of drug-likeness (QED) is 0.659. The summed E-state index contributed by atoms with van der Waals surface area (Å²) in [5.41, 5.74) is 5.05. The molecule has 6 nitrogen and oxygen atoms in total. The first-order valence-corrected chi connectivity index (χ1v) is 6.24. The summed E-state index contributed by atoms with van der Waals surface area (Å²) in [7, 11) is 1.68. The minimum Gasteiger partial charge on any atom is -0.382 e. The minimum absolute atomic E-state index is 0.0606. The molecule has 0 saturated carbocycles. The number of ether oxygens (including phenoxy) is 1. The van der Waals surface area contributed by atoms with E-state index >= 15 is 0 Å². The third kappa shape index (κ3) is 6.04. The van der Waals surface area contributed by atoms with Crippen LogP contribution in [0.3, 0.4) is 0 Å². The zero-order valence-electron chi connectivity index (χ0n) is 11.3. The second kappa shape index (κ2) is 7.21. The molecule has 0 spiro atoms. The summed E-state index contributed by atoms with van der Waals surface area (Å²) in [6.45, 7) is 0.883. The van der Waals surface area contributed by atoms with Crippen LogP contribution in [0.25, 0.3) is 0 Å². The first-order valence-electron chi connectivity index (χ1n) is 6.24. The van der Waals surface area contributed by atoms with Gasteiger partial charge >= 0.3 is 6.18 Å². The molecule has 1 amide bonds. The van der Waals surface area contributed by atoms with E-state index in [2.05, 4.69) is 0 Å². The number of carbonyl (C=O) groups excluding carboxylic acids is 1. The number of primary amides is 1. The lowest BCUT2D eigenvalue weighted by molar-refractivity contribution is -0.211. The highest BCUT2D eigenvalue weighted by Gasteiger charge is 2.39. The van der Waals surface area contributed by atoms with Crippen molar-refractivity contribution in [3.63, 3.8) is 0 Å². The summed E-state index contributed by atoms with van der Waals surface area (Å²) in [4.78, 5) is 13.9. The van der Waals surface area contributed by atoms with Gasteiger partial charge in [0.15, 0.2) is 6.10 Å². The van der Waals surface area contributed by atoms with Crippen molar-refractivity contribution in [2.24, 2.45) is 5.73 Å². The first kappa shape index (κ1) is 17.2. The Bertz CT molecular complexity index is 328. The summed E-state index contributed by atoms with van der Waals surface area (Å²) in [6.07, 6.45) is -7.28. The van der Waals surface area contributed by atoms with E-state index in [1.165, 1.54) is 4.90 Å². The smallest absolute Gasteiger partial charge is 0.382 e. The number of hydrogen-bond donors (Lipinski definition) is 2. The van der Waals surface area contributed by atoms with E-state index in [1.54, 1.807) is 11.9 Å². The molecule has 0 aromatic heterocycles. The molecular weight excluding hydrogens is 279 g/mol. The molecule has 20 heavy (non-hydrogen) atoms. The Morgan fingerprint density at radius 1 is 1.60 bits per heavy atom. The van der Waals surface area contributed by atoms with Crippen molar-refractivity contribution in [3.8, 4) is 0 Å². The summed E-state index contributed by atoms with van der Waals surface area (Å²) < 4.78 is 42.3. The fourth-order valence-corrected chi connectivity index (χ4v) is 2.08. The van der Waals surface area contributed by atoms with Gasteiger partial charge in [-0.05, 0) is 7.05 Å². The molecule has 2 atom stereocenters. The van der Waals surface area contributed by atoms with Crippen LogP contribution in [0.2, 0.25) is 0 Å². The maximum atomic E-state index is 12.3. The standard InChI is InChI=1S/C11H20F3N3O3/c1-16(7-10(15)19)4-8-5-17(2-3-20-8)6-9(18)11(12,13)14/h8-9,18H,2-7H2,1H3,(H2,15,19)/t8-,9+/m1/s1. The molecule has 0 unspecified atom stereocenters. The average Bonchev–Trinajstić information content (AvgIpc) is 2.26. The lowest BCUT2D eigenvalue weighted by Gasteiger charge is -2.35. The first-order chi connectivity index (χ1) is 9.18. The lowest BCUT2D eigenvalue weighted by Crippen LogP contribution is -2.51.